The van der Waals surface area contributed by atoms with Crippen molar-refractivity contribution in [2.24, 2.45) is 0 Å². The Morgan fingerprint density at radius 2 is 1.88 bits per heavy atom. The quantitative estimate of drug-likeness (QED) is 0.820. The third-order valence-electron chi connectivity index (χ3n) is 3.49. The number of nitrogens with zero attached hydrogens (tertiary/aromatic N) is 3. The van der Waals surface area contributed by atoms with Crippen LogP contribution in [-0.4, -0.2) is 47.2 Å². The average molecular weight is 328 g/mol. The van der Waals surface area contributed by atoms with Crippen LogP contribution < -0.4 is 5.32 Å². The number of carbonyl (C=O) groups excluding carboxylic acids is 2. The van der Waals surface area contributed by atoms with Gasteiger partial charge in [0, 0.05) is 18.8 Å². The van der Waals surface area contributed by atoms with E-state index in [-0.39, 0.29) is 5.91 Å². The molecule has 2 rings (SSSR count). The van der Waals surface area contributed by atoms with Crippen LogP contribution in [0.4, 0.5) is 11.5 Å². The van der Waals surface area contributed by atoms with E-state index in [1.54, 1.807) is 41.3 Å². The van der Waals surface area contributed by atoms with Crippen LogP contribution in [0.2, 0.25) is 0 Å². The highest BCUT2D eigenvalue weighted by atomic mass is 16.5. The number of amides is 1. The summed E-state index contributed by atoms with van der Waals surface area (Å²) in [5.41, 5.74) is 1.41. The molecule has 0 spiro atoms. The molecule has 2 aromatic rings. The van der Waals surface area contributed by atoms with Gasteiger partial charge in [0.15, 0.2) is 11.5 Å². The van der Waals surface area contributed by atoms with Crippen LogP contribution >= 0.6 is 0 Å². The van der Waals surface area contributed by atoms with Gasteiger partial charge in [-0.05, 0) is 44.2 Å². The molecule has 0 aliphatic rings. The fraction of sp³-hybridized carbons (Fsp3) is 0.294. The summed E-state index contributed by atoms with van der Waals surface area (Å²) in [5, 5.41) is 11.0. The lowest BCUT2D eigenvalue weighted by Gasteiger charge is -2.17. The van der Waals surface area contributed by atoms with Gasteiger partial charge in [-0.15, -0.1) is 10.2 Å². The molecule has 0 aliphatic heterocycles. The van der Waals surface area contributed by atoms with Gasteiger partial charge in [0.05, 0.1) is 12.7 Å². The largest absolute Gasteiger partial charge is 0.465 e. The highest BCUT2D eigenvalue weighted by Crippen LogP contribution is 2.16. The number of carbonyl (C=O) groups is 2. The zero-order valence-corrected chi connectivity index (χ0v) is 13.9. The second-order valence-electron chi connectivity index (χ2n) is 4.98. The Labute approximate surface area is 140 Å². The number of hydrogen-bond donors (Lipinski definition) is 1. The summed E-state index contributed by atoms with van der Waals surface area (Å²) in [6.45, 7) is 5.08. The second-order valence-corrected chi connectivity index (χ2v) is 4.98. The summed E-state index contributed by atoms with van der Waals surface area (Å²) in [5.74, 6) is -0.0789. The third kappa shape index (κ3) is 4.07. The molecular weight excluding hydrogens is 308 g/mol. The van der Waals surface area contributed by atoms with Crippen molar-refractivity contribution in [2.75, 3.05) is 25.5 Å². The van der Waals surface area contributed by atoms with Crippen molar-refractivity contribution in [2.45, 2.75) is 13.8 Å². The zero-order valence-electron chi connectivity index (χ0n) is 13.9. The van der Waals surface area contributed by atoms with Crippen molar-refractivity contribution in [1.29, 1.82) is 0 Å². The number of anilines is 2. The van der Waals surface area contributed by atoms with Gasteiger partial charge in [-0.25, -0.2) is 4.79 Å². The number of ether oxygens (including phenoxy) is 1. The van der Waals surface area contributed by atoms with Crippen LogP contribution in [0.25, 0.3) is 0 Å². The lowest BCUT2D eigenvalue weighted by molar-refractivity contribution is 0.0600. The normalized spacial score (nSPS) is 10.1. The van der Waals surface area contributed by atoms with Crippen molar-refractivity contribution in [3.8, 4) is 0 Å². The lowest BCUT2D eigenvalue weighted by Crippen LogP contribution is -2.31. The maximum atomic E-state index is 12.2. The van der Waals surface area contributed by atoms with Gasteiger partial charge in [0.25, 0.3) is 5.91 Å². The predicted molar refractivity (Wildman–Crippen MR) is 90.3 cm³/mol. The smallest absolute Gasteiger partial charge is 0.337 e. The van der Waals surface area contributed by atoms with Crippen LogP contribution in [0, 0.1) is 0 Å². The molecule has 0 saturated carbocycles. The van der Waals surface area contributed by atoms with Crippen molar-refractivity contribution >= 4 is 23.4 Å². The summed E-state index contributed by atoms with van der Waals surface area (Å²) in [7, 11) is 1.33. The summed E-state index contributed by atoms with van der Waals surface area (Å²) < 4.78 is 4.69. The Kier molecular flexibility index (Phi) is 5.83. The third-order valence-corrected chi connectivity index (χ3v) is 3.49. The first-order valence-corrected chi connectivity index (χ1v) is 7.67. The Bertz CT molecular complexity index is 712. The molecule has 0 fully saturated rings. The monoisotopic (exact) mass is 328 g/mol. The number of rotatable bonds is 6. The van der Waals surface area contributed by atoms with Gasteiger partial charge in [-0.1, -0.05) is 6.07 Å². The maximum absolute atomic E-state index is 12.2. The minimum atomic E-state index is -0.412. The number of methoxy groups -OCH3 is 1. The molecule has 1 amide bonds. The summed E-state index contributed by atoms with van der Waals surface area (Å²) >= 11 is 0. The highest BCUT2D eigenvalue weighted by molar-refractivity contribution is 5.92. The van der Waals surface area contributed by atoms with Crippen molar-refractivity contribution in [3.05, 3.63) is 47.7 Å². The van der Waals surface area contributed by atoms with E-state index in [1.807, 2.05) is 13.8 Å². The molecular formula is C17H20N4O3. The van der Waals surface area contributed by atoms with E-state index in [0.717, 1.165) is 0 Å². The SMILES string of the molecule is CCN(CC)C(=O)c1ccc(Nc2cccc(C(=O)OC)c2)nn1. The molecule has 0 atom stereocenters. The molecule has 1 N–H and O–H groups in total. The van der Waals surface area contributed by atoms with E-state index in [4.69, 9.17) is 4.74 Å². The maximum Gasteiger partial charge on any atom is 0.337 e. The van der Waals surface area contributed by atoms with E-state index in [0.29, 0.717) is 35.9 Å². The molecule has 1 aromatic heterocycles. The van der Waals surface area contributed by atoms with Crippen molar-refractivity contribution in [1.82, 2.24) is 15.1 Å². The second kappa shape index (κ2) is 8.05. The summed E-state index contributed by atoms with van der Waals surface area (Å²) in [6.07, 6.45) is 0. The van der Waals surface area contributed by atoms with Crippen LogP contribution in [0.3, 0.4) is 0 Å². The number of esters is 1. The van der Waals surface area contributed by atoms with E-state index in [9.17, 15) is 9.59 Å². The van der Waals surface area contributed by atoms with Crippen LogP contribution in [-0.2, 0) is 4.74 Å². The van der Waals surface area contributed by atoms with E-state index in [1.165, 1.54) is 7.11 Å². The molecule has 0 saturated heterocycles. The van der Waals surface area contributed by atoms with E-state index >= 15 is 0 Å². The van der Waals surface area contributed by atoms with Gasteiger partial charge in [0.2, 0.25) is 0 Å². The molecule has 1 aromatic carbocycles. The standard InChI is InChI=1S/C17H20N4O3/c1-4-21(5-2)16(22)14-9-10-15(20-19-14)18-13-8-6-7-12(11-13)17(23)24-3/h6-11H,4-5H2,1-3H3,(H,18,20). The number of hydrogen-bond acceptors (Lipinski definition) is 6. The van der Waals surface area contributed by atoms with Gasteiger partial charge in [-0.3, -0.25) is 4.79 Å². The highest BCUT2D eigenvalue weighted by Gasteiger charge is 2.14. The zero-order chi connectivity index (χ0) is 17.5. The van der Waals surface area contributed by atoms with Crippen molar-refractivity contribution < 1.29 is 14.3 Å². The van der Waals surface area contributed by atoms with Gasteiger partial charge in [-0.2, -0.15) is 0 Å². The Morgan fingerprint density at radius 3 is 2.46 bits per heavy atom. The predicted octanol–water partition coefficient (Wildman–Crippen LogP) is 2.49. The average Bonchev–Trinajstić information content (AvgIpc) is 2.62. The van der Waals surface area contributed by atoms with Crippen LogP contribution in [0.5, 0.6) is 0 Å². The van der Waals surface area contributed by atoms with E-state index in [2.05, 4.69) is 15.5 Å². The molecule has 24 heavy (non-hydrogen) atoms. The first kappa shape index (κ1) is 17.4. The molecule has 7 nitrogen and oxygen atoms in total. The molecule has 7 heteroatoms. The Balaban J connectivity index is 2.12. The van der Waals surface area contributed by atoms with Gasteiger partial charge in [0.1, 0.15) is 0 Å². The number of benzene rings is 1. The van der Waals surface area contributed by atoms with Gasteiger partial charge >= 0.3 is 5.97 Å². The molecule has 0 bridgehead atoms. The minimum Gasteiger partial charge on any atom is -0.465 e. The summed E-state index contributed by atoms with van der Waals surface area (Å²) in [6, 6.07) is 10.1. The molecule has 0 radical (unpaired) electrons. The fourth-order valence-electron chi connectivity index (χ4n) is 2.18. The minimum absolute atomic E-state index is 0.147. The Morgan fingerprint density at radius 1 is 1.12 bits per heavy atom. The first-order chi connectivity index (χ1) is 11.6. The number of nitrogens with one attached hydrogen (secondary N) is 1. The van der Waals surface area contributed by atoms with Crippen molar-refractivity contribution in [3.63, 3.8) is 0 Å². The molecule has 1 heterocycles. The fourth-order valence-corrected chi connectivity index (χ4v) is 2.18. The first-order valence-electron chi connectivity index (χ1n) is 7.67. The lowest BCUT2D eigenvalue weighted by atomic mass is 10.2. The summed E-state index contributed by atoms with van der Waals surface area (Å²) in [4.78, 5) is 25.4. The Hall–Kier alpha value is -2.96. The topological polar surface area (TPSA) is 84.4 Å². The molecule has 0 unspecified atom stereocenters. The molecule has 126 valence electrons. The molecule has 0 aliphatic carbocycles. The number of aromatic nitrogens is 2. The van der Waals surface area contributed by atoms with Crippen LogP contribution in [0.1, 0.15) is 34.7 Å². The van der Waals surface area contributed by atoms with E-state index < -0.39 is 5.97 Å². The van der Waals surface area contributed by atoms with Gasteiger partial charge < -0.3 is 15.0 Å². The van der Waals surface area contributed by atoms with Crippen LogP contribution in [0.15, 0.2) is 36.4 Å².